The summed E-state index contributed by atoms with van der Waals surface area (Å²) in [5.41, 5.74) is -0.579. The maximum absolute atomic E-state index is 13.7. The zero-order chi connectivity index (χ0) is 33.1. The van der Waals surface area contributed by atoms with Crippen molar-refractivity contribution in [3.8, 4) is 5.75 Å². The number of urea groups is 1. The largest absolute Gasteiger partial charge is 0.488 e. The van der Waals surface area contributed by atoms with Gasteiger partial charge in [-0.1, -0.05) is 6.92 Å². The summed E-state index contributed by atoms with van der Waals surface area (Å²) in [4.78, 5) is 27.6. The Balaban J connectivity index is 1.58. The molecule has 3 N–H and O–H groups in total. The summed E-state index contributed by atoms with van der Waals surface area (Å²) in [6, 6.07) is 11.1. The first-order valence-electron chi connectivity index (χ1n) is 13.8. The number of aliphatic hydroxyl groups excluding tert-OH is 1. The van der Waals surface area contributed by atoms with Crippen LogP contribution in [0.2, 0.25) is 0 Å². The zero-order valence-electron chi connectivity index (χ0n) is 24.5. The lowest BCUT2D eigenvalue weighted by Gasteiger charge is -2.38. The van der Waals surface area contributed by atoms with E-state index in [1.54, 1.807) is 13.8 Å². The highest BCUT2D eigenvalue weighted by molar-refractivity contribution is 7.89. The minimum Gasteiger partial charge on any atom is -0.488 e. The first kappa shape index (κ1) is 33.7. The fourth-order valence-corrected chi connectivity index (χ4v) is 5.88. The van der Waals surface area contributed by atoms with Crippen molar-refractivity contribution in [2.45, 2.75) is 37.1 Å². The number of sulfonamides is 1. The van der Waals surface area contributed by atoms with E-state index in [1.807, 2.05) is 0 Å². The van der Waals surface area contributed by atoms with Gasteiger partial charge in [0, 0.05) is 30.9 Å². The topological polar surface area (TPSA) is 128 Å². The van der Waals surface area contributed by atoms with Crippen LogP contribution in [0.1, 0.15) is 29.8 Å². The minimum atomic E-state index is -4.53. The number of fused-ring (bicyclic) bond motifs is 1. The van der Waals surface area contributed by atoms with Crippen LogP contribution in [0.3, 0.4) is 0 Å². The van der Waals surface area contributed by atoms with Crippen molar-refractivity contribution in [1.29, 1.82) is 0 Å². The number of carbonyl (C=O) groups is 2. The number of nitrogens with one attached hydrogen (secondary N) is 2. The number of anilines is 2. The third kappa shape index (κ3) is 7.90. The number of rotatable bonds is 8. The highest BCUT2D eigenvalue weighted by Gasteiger charge is 2.35. The van der Waals surface area contributed by atoms with Crippen molar-refractivity contribution in [3.63, 3.8) is 0 Å². The molecule has 0 radical (unpaired) electrons. The second-order valence-corrected chi connectivity index (χ2v) is 12.8. The SMILES string of the molecule is C[C@H](CO)N1C[C@H](C)[C@H](CN(C)S(=O)(=O)c2ccc(F)cc2)Oc2ccc(NC(=O)Nc3ccc(C(F)(F)F)cc3)cc2C1=O. The highest BCUT2D eigenvalue weighted by atomic mass is 32.2. The summed E-state index contributed by atoms with van der Waals surface area (Å²) >= 11 is 0. The van der Waals surface area contributed by atoms with Gasteiger partial charge in [-0.2, -0.15) is 17.5 Å². The van der Waals surface area contributed by atoms with Crippen molar-refractivity contribution in [2.75, 3.05) is 37.4 Å². The van der Waals surface area contributed by atoms with Crippen LogP contribution in [0.4, 0.5) is 33.7 Å². The number of hydrogen-bond donors (Lipinski definition) is 3. The second-order valence-electron chi connectivity index (χ2n) is 10.7. The minimum absolute atomic E-state index is 0.0311. The Morgan fingerprint density at radius 2 is 1.67 bits per heavy atom. The number of alkyl halides is 3. The molecule has 3 aromatic carbocycles. The van der Waals surface area contributed by atoms with Crippen LogP contribution in [-0.2, 0) is 16.2 Å². The lowest BCUT2D eigenvalue weighted by Crippen LogP contribution is -2.50. The number of nitrogens with zero attached hydrogens (tertiary/aromatic N) is 2. The lowest BCUT2D eigenvalue weighted by atomic mass is 9.99. The average Bonchev–Trinajstić information content (AvgIpc) is 2.98. The molecule has 3 aromatic rings. The first-order valence-corrected chi connectivity index (χ1v) is 15.2. The third-order valence-electron chi connectivity index (χ3n) is 7.35. The van der Waals surface area contributed by atoms with E-state index in [2.05, 4.69) is 10.6 Å². The first-order chi connectivity index (χ1) is 21.1. The Hall–Kier alpha value is -4.21. The molecule has 1 aliphatic heterocycles. The molecule has 3 amide bonds. The van der Waals surface area contributed by atoms with E-state index in [4.69, 9.17) is 4.74 Å². The number of hydrogen-bond acceptors (Lipinski definition) is 6. The molecular weight excluding hydrogens is 620 g/mol. The van der Waals surface area contributed by atoms with E-state index in [1.165, 1.54) is 30.1 Å². The third-order valence-corrected chi connectivity index (χ3v) is 9.19. The number of halogens is 4. The van der Waals surface area contributed by atoms with Crippen molar-refractivity contribution in [1.82, 2.24) is 9.21 Å². The van der Waals surface area contributed by atoms with Gasteiger partial charge < -0.3 is 25.4 Å². The molecule has 0 aromatic heterocycles. The highest BCUT2D eigenvalue weighted by Crippen LogP contribution is 2.32. The van der Waals surface area contributed by atoms with Gasteiger partial charge in [0.05, 0.1) is 35.2 Å². The van der Waals surface area contributed by atoms with Gasteiger partial charge in [0.15, 0.2) is 0 Å². The fraction of sp³-hybridized carbons (Fsp3) is 0.333. The van der Waals surface area contributed by atoms with Gasteiger partial charge in [0.25, 0.3) is 5.91 Å². The summed E-state index contributed by atoms with van der Waals surface area (Å²) in [7, 11) is -2.66. The second kappa shape index (κ2) is 13.4. The molecule has 3 atom stereocenters. The van der Waals surface area contributed by atoms with Crippen molar-refractivity contribution in [2.24, 2.45) is 5.92 Å². The number of ether oxygens (including phenoxy) is 1. The van der Waals surface area contributed by atoms with Gasteiger partial charge in [-0.3, -0.25) is 4.79 Å². The molecule has 45 heavy (non-hydrogen) atoms. The Morgan fingerprint density at radius 1 is 1.07 bits per heavy atom. The van der Waals surface area contributed by atoms with Gasteiger partial charge in [-0.05, 0) is 73.7 Å². The normalized spacial score (nSPS) is 18.0. The van der Waals surface area contributed by atoms with E-state index in [0.29, 0.717) is 0 Å². The predicted octanol–water partition coefficient (Wildman–Crippen LogP) is 5.03. The molecule has 15 heteroatoms. The fourth-order valence-electron chi connectivity index (χ4n) is 4.69. The molecule has 0 fully saturated rings. The van der Waals surface area contributed by atoms with Crippen molar-refractivity contribution < 1.29 is 45.4 Å². The van der Waals surface area contributed by atoms with Crippen LogP contribution in [0, 0.1) is 11.7 Å². The average molecular weight is 653 g/mol. The molecule has 10 nitrogen and oxygen atoms in total. The van der Waals surface area contributed by atoms with Crippen molar-refractivity contribution >= 4 is 33.3 Å². The number of aliphatic hydroxyl groups is 1. The quantitative estimate of drug-likeness (QED) is 0.293. The van der Waals surface area contributed by atoms with Gasteiger partial charge in [-0.15, -0.1) is 0 Å². The molecule has 0 saturated carbocycles. The smallest absolute Gasteiger partial charge is 0.416 e. The molecule has 1 aliphatic rings. The van der Waals surface area contributed by atoms with Crippen LogP contribution in [-0.4, -0.2) is 73.6 Å². The summed E-state index contributed by atoms with van der Waals surface area (Å²) in [5, 5.41) is 14.8. The van der Waals surface area contributed by atoms with E-state index in [-0.39, 0.29) is 47.3 Å². The van der Waals surface area contributed by atoms with Gasteiger partial charge in [-0.25, -0.2) is 17.6 Å². The summed E-state index contributed by atoms with van der Waals surface area (Å²) in [6.45, 7) is 3.03. The van der Waals surface area contributed by atoms with E-state index in [0.717, 1.165) is 52.8 Å². The molecule has 0 aliphatic carbocycles. The van der Waals surface area contributed by atoms with Gasteiger partial charge in [0.2, 0.25) is 10.0 Å². The Morgan fingerprint density at radius 3 is 2.27 bits per heavy atom. The molecule has 1 heterocycles. The van der Waals surface area contributed by atoms with Crippen LogP contribution >= 0.6 is 0 Å². The van der Waals surface area contributed by atoms with E-state index >= 15 is 0 Å². The molecule has 0 spiro atoms. The molecule has 0 unspecified atom stereocenters. The molecule has 242 valence electrons. The maximum atomic E-state index is 13.7. The maximum Gasteiger partial charge on any atom is 0.416 e. The Bertz CT molecular complexity index is 1640. The lowest BCUT2D eigenvalue weighted by molar-refractivity contribution is -0.137. The van der Waals surface area contributed by atoms with Crippen LogP contribution < -0.4 is 15.4 Å². The Labute approximate surface area is 257 Å². The van der Waals surface area contributed by atoms with Crippen LogP contribution in [0.25, 0.3) is 0 Å². The number of benzene rings is 3. The molecule has 0 saturated heterocycles. The summed E-state index contributed by atoms with van der Waals surface area (Å²) in [6.07, 6.45) is -5.30. The molecule has 0 bridgehead atoms. The molecular formula is C30H32F4N4O6S. The zero-order valence-corrected chi connectivity index (χ0v) is 25.3. The van der Waals surface area contributed by atoms with Gasteiger partial charge >= 0.3 is 12.2 Å². The standard InChI is InChI=1S/C30H32F4N4O6S/c1-18-15-38(19(2)17-39)28(40)25-14-23(36-29(41)35-22-8-4-20(5-9-22)30(32,33)34)10-13-26(25)44-27(18)16-37(3)45(42,43)24-11-6-21(31)7-12-24/h4-14,18-19,27,39H,15-17H2,1-3H3,(H2,35,36,41)/t18-,19+,27-/m0/s1. The van der Waals surface area contributed by atoms with Crippen LogP contribution in [0.15, 0.2) is 71.6 Å². The Kier molecular flexibility index (Phi) is 10.0. The van der Waals surface area contributed by atoms with Gasteiger partial charge in [0.1, 0.15) is 17.7 Å². The van der Waals surface area contributed by atoms with E-state index in [9.17, 15) is 40.7 Å². The number of amides is 3. The summed E-state index contributed by atoms with van der Waals surface area (Å²) < 4.78 is 85.6. The van der Waals surface area contributed by atoms with E-state index < -0.39 is 57.6 Å². The summed E-state index contributed by atoms with van der Waals surface area (Å²) in [5.74, 6) is -1.39. The number of carbonyl (C=O) groups excluding carboxylic acids is 2. The van der Waals surface area contributed by atoms with Crippen molar-refractivity contribution in [3.05, 3.63) is 83.7 Å². The van der Waals surface area contributed by atoms with Crippen LogP contribution in [0.5, 0.6) is 5.75 Å². The molecule has 4 rings (SSSR count). The number of likely N-dealkylation sites (N-methyl/N-ethyl adjacent to an activating group) is 1. The monoisotopic (exact) mass is 652 g/mol. The predicted molar refractivity (Wildman–Crippen MR) is 158 cm³/mol.